The molecule has 0 radical (unpaired) electrons. The lowest BCUT2D eigenvalue weighted by atomic mass is 10.1. The van der Waals surface area contributed by atoms with Gasteiger partial charge in [-0.15, -0.1) is 0 Å². The van der Waals surface area contributed by atoms with Crippen LogP contribution in [0.4, 0.5) is 11.4 Å². The zero-order valence-electron chi connectivity index (χ0n) is 23.0. The zero-order chi connectivity index (χ0) is 30.9. The third kappa shape index (κ3) is 6.88. The summed E-state index contributed by atoms with van der Waals surface area (Å²) in [5.74, 6) is -0.0594. The Balaban J connectivity index is 1.54. The van der Waals surface area contributed by atoms with Crippen LogP contribution >= 0.6 is 57.6 Å². The van der Waals surface area contributed by atoms with Crippen LogP contribution in [-0.4, -0.2) is 26.6 Å². The number of methoxy groups -OCH3 is 1. The van der Waals surface area contributed by atoms with Gasteiger partial charge >= 0.3 is 10.1 Å². The van der Waals surface area contributed by atoms with E-state index in [-0.39, 0.29) is 22.3 Å². The predicted octanol–water partition coefficient (Wildman–Crippen LogP) is 8.80. The second-order valence-corrected chi connectivity index (χ2v) is 13.9. The van der Waals surface area contributed by atoms with Gasteiger partial charge in [-0.05, 0) is 119 Å². The molecule has 0 atom stereocenters. The molecule has 1 saturated heterocycles. The van der Waals surface area contributed by atoms with Crippen molar-refractivity contribution in [3.63, 3.8) is 0 Å². The number of ether oxygens (including phenoxy) is 1. The van der Waals surface area contributed by atoms with Crippen molar-refractivity contribution < 1.29 is 22.1 Å². The Hall–Kier alpha value is -3.03. The van der Waals surface area contributed by atoms with E-state index in [1.165, 1.54) is 35.9 Å². The van der Waals surface area contributed by atoms with E-state index in [4.69, 9.17) is 37.1 Å². The molecule has 4 aromatic carbocycles. The minimum Gasteiger partial charge on any atom is -0.493 e. The number of halogens is 3. The number of hydrogen-bond donors (Lipinski definition) is 0. The maximum Gasteiger partial charge on any atom is 0.339 e. The van der Waals surface area contributed by atoms with Crippen LogP contribution in [0.3, 0.4) is 0 Å². The number of amides is 1. The Kier molecular flexibility index (Phi) is 9.43. The summed E-state index contributed by atoms with van der Waals surface area (Å²) in [5.41, 5.74) is 3.55. The van der Waals surface area contributed by atoms with Crippen molar-refractivity contribution in [2.24, 2.45) is 4.99 Å². The number of thioether (sulfide) groups is 1. The number of nitrogens with zero attached hydrogens (tertiary/aromatic N) is 2. The molecule has 43 heavy (non-hydrogen) atoms. The molecule has 4 aromatic rings. The SMILES string of the molecule is COc1cc(/C=C2/SC(=Nc3ccc(C)c(Cl)c3)N(c3ccc(C)c(Cl)c3)C2=O)cc(I)c1OS(=O)(=O)c1ccccc1. The highest BCUT2D eigenvalue weighted by atomic mass is 127. The van der Waals surface area contributed by atoms with E-state index in [2.05, 4.69) is 0 Å². The fourth-order valence-corrected chi connectivity index (χ4v) is 7.27. The van der Waals surface area contributed by atoms with Gasteiger partial charge < -0.3 is 8.92 Å². The molecule has 0 spiro atoms. The van der Waals surface area contributed by atoms with Gasteiger partial charge in [0.15, 0.2) is 16.7 Å². The van der Waals surface area contributed by atoms with Crippen LogP contribution in [0.25, 0.3) is 6.08 Å². The fourth-order valence-electron chi connectivity index (χ4n) is 4.06. The first-order valence-corrected chi connectivity index (χ1v) is 16.7. The van der Waals surface area contributed by atoms with E-state index < -0.39 is 10.1 Å². The molecule has 12 heteroatoms. The number of benzene rings is 4. The first kappa shape index (κ1) is 31.4. The zero-order valence-corrected chi connectivity index (χ0v) is 28.3. The monoisotopic (exact) mass is 764 g/mol. The second-order valence-electron chi connectivity index (χ2n) is 9.40. The third-order valence-corrected chi connectivity index (χ3v) is 10.2. The van der Waals surface area contributed by atoms with Crippen molar-refractivity contribution in [2.75, 3.05) is 12.0 Å². The summed E-state index contributed by atoms with van der Waals surface area (Å²) in [6.07, 6.45) is 1.70. The number of amidine groups is 1. The maximum atomic E-state index is 13.8. The Labute approximate surface area is 277 Å². The van der Waals surface area contributed by atoms with Gasteiger partial charge in [0.05, 0.1) is 27.0 Å². The summed E-state index contributed by atoms with van der Waals surface area (Å²) in [6, 6.07) is 22.0. The summed E-state index contributed by atoms with van der Waals surface area (Å²) < 4.78 is 37.2. The lowest BCUT2D eigenvalue weighted by Crippen LogP contribution is -2.28. The molecular weight excluding hydrogens is 742 g/mol. The summed E-state index contributed by atoms with van der Waals surface area (Å²) in [5, 5.41) is 1.51. The molecule has 0 unspecified atom stereocenters. The van der Waals surface area contributed by atoms with Crippen molar-refractivity contribution in [3.8, 4) is 11.5 Å². The highest BCUT2D eigenvalue weighted by molar-refractivity contribution is 14.1. The van der Waals surface area contributed by atoms with E-state index in [0.717, 1.165) is 11.1 Å². The molecule has 0 bridgehead atoms. The van der Waals surface area contributed by atoms with Crippen molar-refractivity contribution in [3.05, 3.63) is 114 Å². The molecule has 1 fully saturated rings. The molecule has 0 aromatic heterocycles. The lowest BCUT2D eigenvalue weighted by molar-refractivity contribution is -0.113. The quantitative estimate of drug-likeness (QED) is 0.106. The highest BCUT2D eigenvalue weighted by Crippen LogP contribution is 2.41. The molecule has 0 N–H and O–H groups in total. The number of aliphatic imine (C=N–C) groups is 1. The number of hydrogen-bond acceptors (Lipinski definition) is 7. The molecular formula is C31H23Cl2IN2O5S2. The summed E-state index contributed by atoms with van der Waals surface area (Å²) >= 11 is 15.9. The Morgan fingerprint density at radius 1 is 0.930 bits per heavy atom. The van der Waals surface area contributed by atoms with Crippen molar-refractivity contribution in [1.29, 1.82) is 0 Å². The van der Waals surface area contributed by atoms with Crippen molar-refractivity contribution in [2.45, 2.75) is 18.7 Å². The van der Waals surface area contributed by atoms with Gasteiger partial charge in [-0.25, -0.2) is 4.99 Å². The van der Waals surface area contributed by atoms with E-state index >= 15 is 0 Å². The number of aryl methyl sites for hydroxylation is 2. The third-order valence-electron chi connectivity index (χ3n) is 6.37. The Morgan fingerprint density at radius 3 is 2.26 bits per heavy atom. The summed E-state index contributed by atoms with van der Waals surface area (Å²) in [4.78, 5) is 20.5. The van der Waals surface area contributed by atoms with E-state index in [1.54, 1.807) is 48.5 Å². The number of carbonyl (C=O) groups excluding carboxylic acids is 1. The van der Waals surface area contributed by atoms with Crippen molar-refractivity contribution >= 4 is 96.2 Å². The van der Waals surface area contributed by atoms with Crippen LogP contribution in [0.15, 0.2) is 93.7 Å². The van der Waals surface area contributed by atoms with Crippen LogP contribution in [0.2, 0.25) is 10.0 Å². The fraction of sp³-hybridized carbons (Fsp3) is 0.0968. The van der Waals surface area contributed by atoms with E-state index in [9.17, 15) is 13.2 Å². The van der Waals surface area contributed by atoms with Crippen molar-refractivity contribution in [1.82, 2.24) is 0 Å². The first-order valence-electron chi connectivity index (χ1n) is 12.7. The summed E-state index contributed by atoms with van der Waals surface area (Å²) in [6.45, 7) is 3.78. The first-order chi connectivity index (χ1) is 20.5. The molecule has 220 valence electrons. The molecule has 1 amide bonds. The van der Waals surface area contributed by atoms with E-state index in [1.807, 2.05) is 60.7 Å². The van der Waals surface area contributed by atoms with Gasteiger partial charge in [-0.3, -0.25) is 9.69 Å². The van der Waals surface area contributed by atoms with Gasteiger partial charge in [0.1, 0.15) is 4.90 Å². The molecule has 0 saturated carbocycles. The Morgan fingerprint density at radius 2 is 1.60 bits per heavy atom. The molecule has 1 heterocycles. The Bertz CT molecular complexity index is 1920. The lowest BCUT2D eigenvalue weighted by Gasteiger charge is -2.16. The average Bonchev–Trinajstić information content (AvgIpc) is 3.27. The minimum atomic E-state index is -4.10. The normalized spacial score (nSPS) is 15.4. The van der Waals surface area contributed by atoms with Crippen LogP contribution < -0.4 is 13.8 Å². The summed E-state index contributed by atoms with van der Waals surface area (Å²) in [7, 11) is -2.68. The molecule has 0 aliphatic carbocycles. The topological polar surface area (TPSA) is 85.3 Å². The van der Waals surface area contributed by atoms with Gasteiger partial charge in [0.2, 0.25) is 0 Å². The van der Waals surface area contributed by atoms with Gasteiger partial charge in [-0.1, -0.05) is 53.5 Å². The van der Waals surface area contributed by atoms with Crippen LogP contribution in [0.5, 0.6) is 11.5 Å². The van der Waals surface area contributed by atoms with Crippen LogP contribution in [-0.2, 0) is 14.9 Å². The molecule has 5 rings (SSSR count). The van der Waals surface area contributed by atoms with Crippen LogP contribution in [0, 0.1) is 17.4 Å². The average molecular weight is 765 g/mol. The number of rotatable bonds is 7. The second kappa shape index (κ2) is 12.9. The van der Waals surface area contributed by atoms with Gasteiger partial charge in [-0.2, -0.15) is 8.42 Å². The number of anilines is 1. The standard InChI is InChI=1S/C31H23Cl2IN2O5S2/c1-18-9-11-21(16-24(18)32)35-31-36(22-12-10-19(2)25(33)17-22)30(37)28(42-31)15-20-13-26(34)29(27(14-20)40-3)41-43(38,39)23-7-5-4-6-8-23/h4-17H,1-3H3/b28-15+,35-31?. The predicted molar refractivity (Wildman–Crippen MR) is 182 cm³/mol. The largest absolute Gasteiger partial charge is 0.493 e. The number of carbonyl (C=O) groups is 1. The van der Waals surface area contributed by atoms with E-state index in [0.29, 0.717) is 40.6 Å². The van der Waals surface area contributed by atoms with Gasteiger partial charge in [0, 0.05) is 10.0 Å². The van der Waals surface area contributed by atoms with Gasteiger partial charge in [0.25, 0.3) is 5.91 Å². The molecule has 7 nitrogen and oxygen atoms in total. The smallest absolute Gasteiger partial charge is 0.339 e. The minimum absolute atomic E-state index is 0.0185. The maximum absolute atomic E-state index is 13.8. The highest BCUT2D eigenvalue weighted by Gasteiger charge is 2.35. The molecule has 1 aliphatic rings. The molecule has 1 aliphatic heterocycles. The van der Waals surface area contributed by atoms with Crippen LogP contribution in [0.1, 0.15) is 16.7 Å².